The first-order chi connectivity index (χ1) is 13.6. The van der Waals surface area contributed by atoms with Crippen LogP contribution in [0.4, 0.5) is 4.39 Å². The number of fused-ring (bicyclic) bond motifs is 5. The molecule has 6 heteroatoms. The van der Waals surface area contributed by atoms with Gasteiger partial charge in [0.05, 0.1) is 6.10 Å². The first kappa shape index (κ1) is 21.8. The molecule has 166 valence electrons. The molecule has 3 N–H and O–H groups in total. The fourth-order valence-electron chi connectivity index (χ4n) is 7.50. The number of hydrogen-bond donors (Lipinski definition) is 3. The number of halogens is 1. The summed E-state index contributed by atoms with van der Waals surface area (Å²) in [6.45, 7) is 8.00. The van der Waals surface area contributed by atoms with Crippen LogP contribution in [0.15, 0.2) is 23.8 Å². The van der Waals surface area contributed by atoms with Crippen molar-refractivity contribution in [1.29, 1.82) is 0 Å². The van der Waals surface area contributed by atoms with Crippen LogP contribution in [-0.2, 0) is 9.59 Å². The van der Waals surface area contributed by atoms with Gasteiger partial charge in [0.25, 0.3) is 0 Å². The van der Waals surface area contributed by atoms with E-state index < -0.39 is 51.4 Å². The lowest BCUT2D eigenvalue weighted by atomic mass is 9.44. The largest absolute Gasteiger partial charge is 0.390 e. The van der Waals surface area contributed by atoms with Gasteiger partial charge in [-0.3, -0.25) is 9.59 Å². The summed E-state index contributed by atoms with van der Waals surface area (Å²) in [5, 5.41) is 33.4. The Morgan fingerprint density at radius 2 is 1.90 bits per heavy atom. The molecule has 0 spiro atoms. The first-order valence-electron chi connectivity index (χ1n) is 10.9. The molecule has 0 unspecified atom stereocenters. The van der Waals surface area contributed by atoms with E-state index in [-0.39, 0.29) is 18.1 Å². The third-order valence-electron chi connectivity index (χ3n) is 9.12. The van der Waals surface area contributed by atoms with E-state index in [4.69, 9.17) is 0 Å². The monoisotopic (exact) mass is 420 g/mol. The Hall–Kier alpha value is -1.37. The number of aliphatic hydroxyl groups excluding tert-OH is 1. The van der Waals surface area contributed by atoms with Crippen molar-refractivity contribution in [3.8, 4) is 0 Å². The number of alkyl halides is 1. The molecule has 5 nitrogen and oxygen atoms in total. The van der Waals surface area contributed by atoms with Crippen LogP contribution in [0.1, 0.15) is 60.3 Å². The second-order valence-corrected chi connectivity index (χ2v) is 11.1. The van der Waals surface area contributed by atoms with E-state index in [1.165, 1.54) is 26.0 Å². The van der Waals surface area contributed by atoms with Gasteiger partial charge in [0.1, 0.15) is 11.2 Å². The lowest BCUT2D eigenvalue weighted by Crippen LogP contribution is -2.70. The van der Waals surface area contributed by atoms with Crippen LogP contribution in [0.2, 0.25) is 0 Å². The predicted octanol–water partition coefficient (Wildman–Crippen LogP) is 2.67. The molecule has 0 heterocycles. The van der Waals surface area contributed by atoms with Crippen LogP contribution in [0.5, 0.6) is 0 Å². The van der Waals surface area contributed by atoms with Gasteiger partial charge in [-0.1, -0.05) is 25.5 Å². The summed E-state index contributed by atoms with van der Waals surface area (Å²) in [5.41, 5.74) is -7.06. The van der Waals surface area contributed by atoms with Crippen LogP contribution in [0.3, 0.4) is 0 Å². The van der Waals surface area contributed by atoms with E-state index >= 15 is 4.39 Å². The van der Waals surface area contributed by atoms with Crippen LogP contribution in [-0.4, -0.2) is 49.9 Å². The Balaban J connectivity index is 1.84. The van der Waals surface area contributed by atoms with E-state index in [1.807, 2.05) is 0 Å². The number of rotatable bonds is 2. The van der Waals surface area contributed by atoms with Gasteiger partial charge in [-0.25, -0.2) is 4.39 Å². The fourth-order valence-corrected chi connectivity index (χ4v) is 7.50. The average Bonchev–Trinajstić information content (AvgIpc) is 2.84. The maximum absolute atomic E-state index is 17.0. The summed E-state index contributed by atoms with van der Waals surface area (Å²) in [5.74, 6) is -2.22. The van der Waals surface area contributed by atoms with Crippen molar-refractivity contribution in [2.75, 3.05) is 0 Å². The highest BCUT2D eigenvalue weighted by atomic mass is 19.1. The molecule has 0 amide bonds. The number of allylic oxidation sites excluding steroid dienone is 4. The van der Waals surface area contributed by atoms with Crippen molar-refractivity contribution in [2.45, 2.75) is 83.3 Å². The number of carbonyl (C=O) groups excluding carboxylic acids is 2. The number of hydrogen-bond acceptors (Lipinski definition) is 5. The van der Waals surface area contributed by atoms with Crippen molar-refractivity contribution in [3.63, 3.8) is 0 Å². The SMILES string of the molecule is C[C@@H]1C[C@H]2[C@@H]3CCC4=CC(=O)C=C[C@]4(C)[C@@]3(F)[C@@H](O)C[C@]2(C)[C@@]1(O)C(=O)C(C)(C)O. The molecule has 8 atom stereocenters. The van der Waals surface area contributed by atoms with Crippen molar-refractivity contribution in [2.24, 2.45) is 28.6 Å². The standard InChI is InChI=1S/C24H33FO5/c1-13-10-17-16-7-6-14-11-15(26)8-9-21(14,4)23(16,25)18(27)12-22(17,5)24(13,30)19(28)20(2,3)29/h8-9,11,13,16-18,27,29-30H,6-7,10,12H2,1-5H3/t13-,16+,17+,18+,21+,22+,23+,24+/m1/s1. The summed E-state index contributed by atoms with van der Waals surface area (Å²) in [6, 6.07) is 0. The number of carbonyl (C=O) groups is 2. The Bertz CT molecular complexity index is 871. The summed E-state index contributed by atoms with van der Waals surface area (Å²) in [4.78, 5) is 25.1. The molecule has 30 heavy (non-hydrogen) atoms. The summed E-state index contributed by atoms with van der Waals surface area (Å²) < 4.78 is 17.0. The van der Waals surface area contributed by atoms with Gasteiger partial charge in [0, 0.05) is 16.7 Å². The lowest BCUT2D eigenvalue weighted by Gasteiger charge is -2.62. The molecule has 0 aromatic rings. The summed E-state index contributed by atoms with van der Waals surface area (Å²) >= 11 is 0. The maximum Gasteiger partial charge on any atom is 0.195 e. The smallest absolute Gasteiger partial charge is 0.195 e. The van der Waals surface area contributed by atoms with Crippen LogP contribution >= 0.6 is 0 Å². The second-order valence-electron chi connectivity index (χ2n) is 11.1. The van der Waals surface area contributed by atoms with E-state index in [1.54, 1.807) is 26.8 Å². The van der Waals surface area contributed by atoms with Gasteiger partial charge >= 0.3 is 0 Å². The Morgan fingerprint density at radius 1 is 1.27 bits per heavy atom. The van der Waals surface area contributed by atoms with Gasteiger partial charge in [0.15, 0.2) is 17.2 Å². The second kappa shape index (κ2) is 6.11. The third-order valence-corrected chi connectivity index (χ3v) is 9.12. The Labute approximate surface area is 177 Å². The highest BCUT2D eigenvalue weighted by Crippen LogP contribution is 2.70. The minimum atomic E-state index is -2.00. The van der Waals surface area contributed by atoms with E-state index in [2.05, 4.69) is 0 Å². The molecule has 0 aromatic carbocycles. The molecule has 4 rings (SSSR count). The third kappa shape index (κ3) is 2.33. The molecule has 3 saturated carbocycles. The molecule has 0 saturated heterocycles. The quantitative estimate of drug-likeness (QED) is 0.639. The zero-order valence-electron chi connectivity index (χ0n) is 18.4. The molecule has 0 bridgehead atoms. The Morgan fingerprint density at radius 3 is 2.50 bits per heavy atom. The molecular weight excluding hydrogens is 387 g/mol. The lowest BCUT2D eigenvalue weighted by molar-refractivity contribution is -0.223. The topological polar surface area (TPSA) is 94.8 Å². The first-order valence-corrected chi connectivity index (χ1v) is 10.9. The highest BCUT2D eigenvalue weighted by molar-refractivity contribution is 6.01. The fraction of sp³-hybridized carbons (Fsp3) is 0.750. The molecule has 0 aromatic heterocycles. The molecule has 4 aliphatic rings. The Kier molecular flexibility index (Phi) is 4.45. The summed E-state index contributed by atoms with van der Waals surface area (Å²) in [7, 11) is 0. The number of Topliss-reactive ketones (excluding diaryl/α,β-unsaturated/α-hetero) is 1. The zero-order valence-corrected chi connectivity index (χ0v) is 18.4. The predicted molar refractivity (Wildman–Crippen MR) is 109 cm³/mol. The molecule has 3 fully saturated rings. The zero-order chi connectivity index (χ0) is 22.5. The number of aliphatic hydroxyl groups is 3. The minimum absolute atomic E-state index is 0.0853. The van der Waals surface area contributed by atoms with Gasteiger partial charge < -0.3 is 15.3 Å². The van der Waals surface area contributed by atoms with Gasteiger partial charge in [-0.05, 0) is 70.4 Å². The van der Waals surface area contributed by atoms with E-state index in [9.17, 15) is 24.9 Å². The normalized spacial score (nSPS) is 50.4. The van der Waals surface area contributed by atoms with Crippen LogP contribution in [0, 0.1) is 28.6 Å². The molecule has 0 aliphatic heterocycles. The number of ketones is 2. The minimum Gasteiger partial charge on any atom is -0.390 e. The van der Waals surface area contributed by atoms with Crippen molar-refractivity contribution >= 4 is 11.6 Å². The van der Waals surface area contributed by atoms with Crippen molar-refractivity contribution in [3.05, 3.63) is 23.8 Å². The molecular formula is C24H33FO5. The van der Waals surface area contributed by atoms with Crippen molar-refractivity contribution in [1.82, 2.24) is 0 Å². The van der Waals surface area contributed by atoms with Crippen LogP contribution < -0.4 is 0 Å². The van der Waals surface area contributed by atoms with Gasteiger partial charge in [0.2, 0.25) is 0 Å². The maximum atomic E-state index is 17.0. The highest BCUT2D eigenvalue weighted by Gasteiger charge is 2.76. The van der Waals surface area contributed by atoms with E-state index in [0.717, 1.165) is 0 Å². The summed E-state index contributed by atoms with van der Waals surface area (Å²) in [6.07, 6.45) is 4.37. The van der Waals surface area contributed by atoms with Gasteiger partial charge in [-0.2, -0.15) is 0 Å². The van der Waals surface area contributed by atoms with Crippen LogP contribution in [0.25, 0.3) is 0 Å². The molecule has 0 radical (unpaired) electrons. The van der Waals surface area contributed by atoms with Gasteiger partial charge in [-0.15, -0.1) is 0 Å². The molecule has 4 aliphatic carbocycles. The average molecular weight is 421 g/mol. The van der Waals surface area contributed by atoms with E-state index in [0.29, 0.717) is 24.8 Å². The van der Waals surface area contributed by atoms with Crippen molar-refractivity contribution < 1.29 is 29.3 Å².